The zero-order valence-electron chi connectivity index (χ0n) is 10.6. The van der Waals surface area contributed by atoms with E-state index in [1.165, 1.54) is 18.5 Å². The molecule has 2 rings (SSSR count). The van der Waals surface area contributed by atoms with Crippen LogP contribution in [0.1, 0.15) is 19.8 Å². The predicted octanol–water partition coefficient (Wildman–Crippen LogP) is 2.28. The Morgan fingerprint density at radius 3 is 2.71 bits per heavy atom. The highest BCUT2D eigenvalue weighted by Gasteiger charge is 2.09. The monoisotopic (exact) mass is 234 g/mol. The molecule has 0 spiro atoms. The number of hydrogen-bond donors (Lipinski definition) is 1. The van der Waals surface area contributed by atoms with Crippen LogP contribution in [0.3, 0.4) is 0 Å². The number of ether oxygens (including phenoxy) is 1. The second-order valence-corrected chi connectivity index (χ2v) is 4.37. The van der Waals surface area contributed by atoms with Gasteiger partial charge in [0.15, 0.2) is 0 Å². The standard InChI is InChI=1S/C14H22N2O/c1-2-17-14-7-3-6-13(12-14)16-10-4-8-15-9-5-11-16/h3,6-7,12,15H,2,4-5,8-11H2,1H3. The third-order valence-electron chi connectivity index (χ3n) is 3.06. The van der Waals surface area contributed by atoms with E-state index in [0.717, 1.165) is 38.5 Å². The van der Waals surface area contributed by atoms with Crippen molar-refractivity contribution in [2.24, 2.45) is 0 Å². The molecule has 1 fully saturated rings. The summed E-state index contributed by atoms with van der Waals surface area (Å²) in [6.07, 6.45) is 2.41. The number of nitrogens with one attached hydrogen (secondary N) is 1. The Labute approximate surface area is 104 Å². The maximum atomic E-state index is 5.55. The van der Waals surface area contributed by atoms with Crippen molar-refractivity contribution < 1.29 is 4.74 Å². The maximum absolute atomic E-state index is 5.55. The first kappa shape index (κ1) is 12.2. The number of hydrogen-bond acceptors (Lipinski definition) is 3. The minimum absolute atomic E-state index is 0.730. The van der Waals surface area contributed by atoms with E-state index in [9.17, 15) is 0 Å². The first-order valence-electron chi connectivity index (χ1n) is 6.58. The lowest BCUT2D eigenvalue weighted by Gasteiger charge is -2.27. The second kappa shape index (κ2) is 6.50. The van der Waals surface area contributed by atoms with Crippen molar-refractivity contribution in [2.45, 2.75) is 19.8 Å². The van der Waals surface area contributed by atoms with E-state index < -0.39 is 0 Å². The van der Waals surface area contributed by atoms with Crippen molar-refractivity contribution >= 4 is 5.69 Å². The van der Waals surface area contributed by atoms with E-state index in [-0.39, 0.29) is 0 Å². The van der Waals surface area contributed by atoms with Crippen molar-refractivity contribution in [2.75, 3.05) is 37.7 Å². The normalized spacial score (nSPS) is 17.4. The van der Waals surface area contributed by atoms with E-state index in [2.05, 4.69) is 28.4 Å². The molecule has 1 aliphatic heterocycles. The van der Waals surface area contributed by atoms with Crippen LogP contribution in [-0.4, -0.2) is 32.8 Å². The van der Waals surface area contributed by atoms with Crippen LogP contribution in [0.15, 0.2) is 24.3 Å². The van der Waals surface area contributed by atoms with Crippen LogP contribution in [0.4, 0.5) is 5.69 Å². The van der Waals surface area contributed by atoms with Gasteiger partial charge in [-0.3, -0.25) is 0 Å². The largest absolute Gasteiger partial charge is 0.494 e. The SMILES string of the molecule is CCOc1cccc(N2CCCNCCC2)c1. The van der Waals surface area contributed by atoms with Crippen LogP contribution in [0.2, 0.25) is 0 Å². The fourth-order valence-corrected chi connectivity index (χ4v) is 2.22. The lowest BCUT2D eigenvalue weighted by Crippen LogP contribution is -2.33. The Hall–Kier alpha value is -1.22. The quantitative estimate of drug-likeness (QED) is 0.868. The molecule has 17 heavy (non-hydrogen) atoms. The average molecular weight is 234 g/mol. The Morgan fingerprint density at radius 2 is 2.00 bits per heavy atom. The van der Waals surface area contributed by atoms with Gasteiger partial charge < -0.3 is 15.0 Å². The van der Waals surface area contributed by atoms with Crippen LogP contribution in [-0.2, 0) is 0 Å². The van der Waals surface area contributed by atoms with Crippen molar-refractivity contribution in [1.82, 2.24) is 5.32 Å². The third-order valence-corrected chi connectivity index (χ3v) is 3.06. The van der Waals surface area contributed by atoms with Gasteiger partial charge in [0, 0.05) is 24.8 Å². The summed E-state index contributed by atoms with van der Waals surface area (Å²) in [5, 5.41) is 3.44. The number of benzene rings is 1. The molecule has 1 aromatic carbocycles. The first-order chi connectivity index (χ1) is 8.40. The van der Waals surface area contributed by atoms with Crippen molar-refractivity contribution in [3.63, 3.8) is 0 Å². The smallest absolute Gasteiger partial charge is 0.121 e. The molecule has 0 amide bonds. The zero-order valence-corrected chi connectivity index (χ0v) is 10.6. The predicted molar refractivity (Wildman–Crippen MR) is 71.9 cm³/mol. The molecule has 1 saturated heterocycles. The van der Waals surface area contributed by atoms with Crippen molar-refractivity contribution in [1.29, 1.82) is 0 Å². The van der Waals surface area contributed by atoms with Crippen molar-refractivity contribution in [3.05, 3.63) is 24.3 Å². The molecule has 94 valence electrons. The highest BCUT2D eigenvalue weighted by molar-refractivity contribution is 5.50. The topological polar surface area (TPSA) is 24.5 Å². The van der Waals surface area contributed by atoms with Crippen LogP contribution in [0.25, 0.3) is 0 Å². The molecule has 3 heteroatoms. The summed E-state index contributed by atoms with van der Waals surface area (Å²) < 4.78 is 5.55. The van der Waals surface area contributed by atoms with E-state index in [0.29, 0.717) is 0 Å². The summed E-state index contributed by atoms with van der Waals surface area (Å²) in [4.78, 5) is 2.46. The summed E-state index contributed by atoms with van der Waals surface area (Å²) in [6, 6.07) is 8.44. The van der Waals surface area contributed by atoms with E-state index in [4.69, 9.17) is 4.74 Å². The highest BCUT2D eigenvalue weighted by atomic mass is 16.5. The van der Waals surface area contributed by atoms with Gasteiger partial charge in [0.05, 0.1) is 6.61 Å². The Morgan fingerprint density at radius 1 is 1.24 bits per heavy atom. The van der Waals surface area contributed by atoms with E-state index >= 15 is 0 Å². The lowest BCUT2D eigenvalue weighted by molar-refractivity contribution is 0.340. The molecule has 3 nitrogen and oxygen atoms in total. The molecule has 1 heterocycles. The summed E-state index contributed by atoms with van der Waals surface area (Å²) >= 11 is 0. The van der Waals surface area contributed by atoms with Gasteiger partial charge in [0.1, 0.15) is 5.75 Å². The molecule has 0 saturated carbocycles. The number of nitrogens with zero attached hydrogens (tertiary/aromatic N) is 1. The Balaban J connectivity index is 2.05. The number of anilines is 1. The summed E-state index contributed by atoms with van der Waals surface area (Å²) in [5.41, 5.74) is 1.29. The van der Waals surface area contributed by atoms with Gasteiger partial charge >= 0.3 is 0 Å². The summed E-state index contributed by atoms with van der Waals surface area (Å²) in [5.74, 6) is 0.977. The van der Waals surface area contributed by atoms with Crippen LogP contribution < -0.4 is 15.0 Å². The van der Waals surface area contributed by atoms with Gasteiger partial charge in [-0.25, -0.2) is 0 Å². The van der Waals surface area contributed by atoms with Gasteiger partial charge in [-0.05, 0) is 45.0 Å². The average Bonchev–Trinajstić information content (AvgIpc) is 2.29. The molecule has 0 aliphatic carbocycles. The molecular formula is C14H22N2O. The molecule has 1 N–H and O–H groups in total. The minimum Gasteiger partial charge on any atom is -0.494 e. The van der Waals surface area contributed by atoms with E-state index in [1.54, 1.807) is 0 Å². The van der Waals surface area contributed by atoms with Gasteiger partial charge in [-0.1, -0.05) is 6.07 Å². The van der Waals surface area contributed by atoms with Crippen LogP contribution in [0, 0.1) is 0 Å². The van der Waals surface area contributed by atoms with Gasteiger partial charge in [0.25, 0.3) is 0 Å². The molecule has 0 bridgehead atoms. The summed E-state index contributed by atoms with van der Waals surface area (Å²) in [7, 11) is 0. The Bertz CT molecular complexity index is 333. The molecular weight excluding hydrogens is 212 g/mol. The second-order valence-electron chi connectivity index (χ2n) is 4.37. The summed E-state index contributed by atoms with van der Waals surface area (Å²) in [6.45, 7) is 7.26. The molecule has 1 aliphatic rings. The third kappa shape index (κ3) is 3.63. The van der Waals surface area contributed by atoms with Gasteiger partial charge in [-0.2, -0.15) is 0 Å². The molecule has 1 aromatic rings. The highest BCUT2D eigenvalue weighted by Crippen LogP contribution is 2.22. The van der Waals surface area contributed by atoms with E-state index in [1.807, 2.05) is 13.0 Å². The minimum atomic E-state index is 0.730. The maximum Gasteiger partial charge on any atom is 0.121 e. The fraction of sp³-hybridized carbons (Fsp3) is 0.571. The number of rotatable bonds is 3. The van der Waals surface area contributed by atoms with Crippen LogP contribution in [0.5, 0.6) is 5.75 Å². The van der Waals surface area contributed by atoms with Crippen molar-refractivity contribution in [3.8, 4) is 5.75 Å². The molecule has 0 unspecified atom stereocenters. The fourth-order valence-electron chi connectivity index (χ4n) is 2.22. The Kier molecular flexibility index (Phi) is 4.68. The first-order valence-corrected chi connectivity index (χ1v) is 6.58. The zero-order chi connectivity index (χ0) is 11.9. The van der Waals surface area contributed by atoms with Crippen LogP contribution >= 0.6 is 0 Å². The van der Waals surface area contributed by atoms with Gasteiger partial charge in [-0.15, -0.1) is 0 Å². The molecule has 0 aromatic heterocycles. The molecule has 0 radical (unpaired) electrons. The molecule has 0 atom stereocenters. The lowest BCUT2D eigenvalue weighted by atomic mass is 10.2. The van der Waals surface area contributed by atoms with Gasteiger partial charge in [0.2, 0.25) is 0 Å².